The van der Waals surface area contributed by atoms with Gasteiger partial charge in [0.25, 0.3) is 0 Å². The molecule has 0 bridgehead atoms. The lowest BCUT2D eigenvalue weighted by Gasteiger charge is -2.45. The van der Waals surface area contributed by atoms with E-state index in [1.54, 1.807) is 0 Å². The zero-order valence-corrected chi connectivity index (χ0v) is 16.7. The quantitative estimate of drug-likeness (QED) is 0.705. The number of nitrogens with zero attached hydrogens (tertiary/aromatic N) is 3. The van der Waals surface area contributed by atoms with Gasteiger partial charge in [-0.2, -0.15) is 0 Å². The highest BCUT2D eigenvalue weighted by atomic mass is 16.5. The van der Waals surface area contributed by atoms with E-state index in [2.05, 4.69) is 0 Å². The first-order valence-electron chi connectivity index (χ1n) is 9.53. The van der Waals surface area contributed by atoms with E-state index < -0.39 is 12.0 Å². The molecule has 0 aliphatic carbocycles. The molecule has 0 spiro atoms. The van der Waals surface area contributed by atoms with E-state index in [0.717, 1.165) is 11.1 Å². The molecule has 0 unspecified atom stereocenters. The lowest BCUT2D eigenvalue weighted by atomic mass is 10.0. The molecule has 7 nitrogen and oxygen atoms in total. The topological polar surface area (TPSA) is 70.2 Å². The Bertz CT molecular complexity index is 857. The molecule has 3 amide bonds. The smallest absolute Gasteiger partial charge is 0.340 e. The molecule has 1 saturated heterocycles. The van der Waals surface area contributed by atoms with Crippen LogP contribution in [0.2, 0.25) is 0 Å². The number of hydrogen-bond acceptors (Lipinski definition) is 4. The molecule has 29 heavy (non-hydrogen) atoms. The van der Waals surface area contributed by atoms with Gasteiger partial charge in [0.1, 0.15) is 6.04 Å². The number of amides is 3. The first kappa shape index (κ1) is 20.4. The molecule has 7 heteroatoms. The van der Waals surface area contributed by atoms with Crippen molar-refractivity contribution in [2.75, 3.05) is 20.2 Å². The fraction of sp³-hybridized carbons (Fsp3) is 0.318. The van der Waals surface area contributed by atoms with Gasteiger partial charge in [0, 0.05) is 19.9 Å². The van der Waals surface area contributed by atoms with Gasteiger partial charge >= 0.3 is 12.0 Å². The van der Waals surface area contributed by atoms with Crippen LogP contribution in [0.3, 0.4) is 0 Å². The van der Waals surface area contributed by atoms with Gasteiger partial charge in [-0.3, -0.25) is 4.79 Å². The molecule has 1 atom stereocenters. The second-order valence-corrected chi connectivity index (χ2v) is 6.89. The second kappa shape index (κ2) is 9.23. The molecule has 0 N–H and O–H groups in total. The maximum atomic E-state index is 13.3. The molecule has 152 valence electrons. The fourth-order valence-electron chi connectivity index (χ4n) is 3.49. The summed E-state index contributed by atoms with van der Waals surface area (Å²) < 4.78 is 4.98. The van der Waals surface area contributed by atoms with Crippen LogP contribution in [0.5, 0.6) is 0 Å². The van der Waals surface area contributed by atoms with Crippen LogP contribution in [0.4, 0.5) is 4.79 Å². The standard InChI is InChI=1S/C22H25N3O4/c1-17(26)24-14-13-23(22(28)25(24)16-19-11-7-4-8-12-19)20(21(27)29-2)15-18-9-5-3-6-10-18/h3-12,20H,13-16H2,1-2H3/t20-/m0/s1. The number of carbonyl (C=O) groups excluding carboxylic acids is 3. The van der Waals surface area contributed by atoms with Crippen LogP contribution < -0.4 is 0 Å². The Balaban J connectivity index is 1.87. The Morgan fingerprint density at radius 3 is 2.10 bits per heavy atom. The van der Waals surface area contributed by atoms with Crippen LogP contribution in [-0.2, 0) is 27.3 Å². The third-order valence-electron chi connectivity index (χ3n) is 4.97. The highest BCUT2D eigenvalue weighted by Crippen LogP contribution is 2.20. The minimum atomic E-state index is -0.762. The Hall–Kier alpha value is -3.35. The normalized spacial score (nSPS) is 15.2. The van der Waals surface area contributed by atoms with Gasteiger partial charge in [0.2, 0.25) is 5.91 Å². The van der Waals surface area contributed by atoms with Gasteiger partial charge in [-0.1, -0.05) is 60.7 Å². The fourth-order valence-corrected chi connectivity index (χ4v) is 3.49. The minimum Gasteiger partial charge on any atom is -0.467 e. The number of rotatable bonds is 6. The molecule has 2 aromatic carbocycles. The molecule has 1 aliphatic heterocycles. The summed E-state index contributed by atoms with van der Waals surface area (Å²) in [5.41, 5.74) is 1.82. The predicted octanol–water partition coefficient (Wildman–Crippen LogP) is 2.47. The largest absolute Gasteiger partial charge is 0.467 e. The van der Waals surface area contributed by atoms with Crippen molar-refractivity contribution in [3.05, 3.63) is 71.8 Å². The Morgan fingerprint density at radius 1 is 0.966 bits per heavy atom. The van der Waals surface area contributed by atoms with E-state index in [1.165, 1.54) is 29.0 Å². The van der Waals surface area contributed by atoms with Crippen LogP contribution in [0, 0.1) is 0 Å². The summed E-state index contributed by atoms with van der Waals surface area (Å²) in [7, 11) is 1.32. The lowest BCUT2D eigenvalue weighted by molar-refractivity contribution is -0.153. The van der Waals surface area contributed by atoms with Crippen LogP contribution in [0.1, 0.15) is 18.1 Å². The van der Waals surface area contributed by atoms with E-state index in [9.17, 15) is 14.4 Å². The Morgan fingerprint density at radius 2 is 1.55 bits per heavy atom. The van der Waals surface area contributed by atoms with Crippen molar-refractivity contribution in [2.24, 2.45) is 0 Å². The molecule has 3 rings (SSSR count). The second-order valence-electron chi connectivity index (χ2n) is 6.89. The molecular formula is C22H25N3O4. The monoisotopic (exact) mass is 395 g/mol. The summed E-state index contributed by atoms with van der Waals surface area (Å²) >= 11 is 0. The predicted molar refractivity (Wildman–Crippen MR) is 107 cm³/mol. The van der Waals surface area contributed by atoms with Crippen molar-refractivity contribution in [3.63, 3.8) is 0 Å². The molecule has 1 heterocycles. The van der Waals surface area contributed by atoms with E-state index in [0.29, 0.717) is 13.0 Å². The minimum absolute atomic E-state index is 0.216. The maximum Gasteiger partial charge on any atom is 0.340 e. The first-order chi connectivity index (χ1) is 14.0. The molecular weight excluding hydrogens is 370 g/mol. The van der Waals surface area contributed by atoms with E-state index in [4.69, 9.17) is 4.74 Å². The first-order valence-corrected chi connectivity index (χ1v) is 9.53. The van der Waals surface area contributed by atoms with Crippen molar-refractivity contribution in [1.82, 2.24) is 14.9 Å². The van der Waals surface area contributed by atoms with Crippen molar-refractivity contribution in [1.29, 1.82) is 0 Å². The van der Waals surface area contributed by atoms with Crippen molar-refractivity contribution in [3.8, 4) is 0 Å². The van der Waals surface area contributed by atoms with Gasteiger partial charge in [-0.25, -0.2) is 19.6 Å². The van der Waals surface area contributed by atoms with Gasteiger partial charge in [-0.05, 0) is 11.1 Å². The van der Waals surface area contributed by atoms with Crippen molar-refractivity contribution < 1.29 is 19.1 Å². The van der Waals surface area contributed by atoms with Gasteiger partial charge < -0.3 is 9.64 Å². The summed E-state index contributed by atoms with van der Waals surface area (Å²) in [6.07, 6.45) is 0.346. The average molecular weight is 395 g/mol. The van der Waals surface area contributed by atoms with Gasteiger partial charge in [-0.15, -0.1) is 0 Å². The molecule has 0 radical (unpaired) electrons. The third-order valence-corrected chi connectivity index (χ3v) is 4.97. The summed E-state index contributed by atoms with van der Waals surface area (Å²) in [5, 5.41) is 2.84. The summed E-state index contributed by atoms with van der Waals surface area (Å²) in [6.45, 7) is 2.25. The number of methoxy groups -OCH3 is 1. The summed E-state index contributed by atoms with van der Waals surface area (Å²) in [4.78, 5) is 39.5. The Labute approximate surface area is 170 Å². The van der Waals surface area contributed by atoms with E-state index >= 15 is 0 Å². The molecule has 0 aromatic heterocycles. The third kappa shape index (κ3) is 4.74. The number of urea groups is 1. The van der Waals surface area contributed by atoms with Crippen LogP contribution in [0.25, 0.3) is 0 Å². The summed E-state index contributed by atoms with van der Waals surface area (Å²) in [5.74, 6) is -0.690. The number of carbonyl (C=O) groups is 3. The van der Waals surface area contributed by atoms with Crippen LogP contribution in [-0.4, -0.2) is 59.1 Å². The number of benzene rings is 2. The molecule has 0 saturated carbocycles. The van der Waals surface area contributed by atoms with E-state index in [-0.39, 0.29) is 25.0 Å². The van der Waals surface area contributed by atoms with E-state index in [1.807, 2.05) is 60.7 Å². The highest BCUT2D eigenvalue weighted by Gasteiger charge is 2.40. The number of ether oxygens (including phenoxy) is 1. The zero-order valence-electron chi connectivity index (χ0n) is 16.7. The highest BCUT2D eigenvalue weighted by molar-refractivity contribution is 5.86. The molecule has 1 fully saturated rings. The SMILES string of the molecule is COC(=O)[C@H](Cc1ccccc1)N1CCN(C(C)=O)N(Cc2ccccc2)C1=O. The average Bonchev–Trinajstić information content (AvgIpc) is 2.74. The van der Waals surface area contributed by atoms with Crippen molar-refractivity contribution in [2.45, 2.75) is 25.9 Å². The lowest BCUT2D eigenvalue weighted by Crippen LogP contribution is -2.64. The van der Waals surface area contributed by atoms with Gasteiger partial charge in [0.15, 0.2) is 0 Å². The molecule has 2 aromatic rings. The molecule has 1 aliphatic rings. The number of hydrazine groups is 1. The number of hydrogen-bond donors (Lipinski definition) is 0. The Kier molecular flexibility index (Phi) is 6.49. The van der Waals surface area contributed by atoms with Crippen molar-refractivity contribution >= 4 is 17.9 Å². The van der Waals surface area contributed by atoms with Crippen LogP contribution in [0.15, 0.2) is 60.7 Å². The zero-order chi connectivity index (χ0) is 20.8. The maximum absolute atomic E-state index is 13.3. The van der Waals surface area contributed by atoms with Gasteiger partial charge in [0.05, 0.1) is 20.2 Å². The number of esters is 1. The summed E-state index contributed by atoms with van der Waals surface area (Å²) in [6, 6.07) is 17.8. The van der Waals surface area contributed by atoms with Crippen LogP contribution >= 0.6 is 0 Å².